The minimum atomic E-state index is -0.877. The van der Waals surface area contributed by atoms with Crippen LogP contribution in [0, 0.1) is 12.5 Å². The molecule has 2 heterocycles. The van der Waals surface area contributed by atoms with Crippen LogP contribution in [0.15, 0.2) is 12.1 Å². The Kier molecular flexibility index (Phi) is 3.18. The number of piperidine rings is 1. The summed E-state index contributed by atoms with van der Waals surface area (Å²) in [5, 5.41) is 23.0. The Labute approximate surface area is 159 Å². The Balaban J connectivity index is 1.53. The van der Waals surface area contributed by atoms with Gasteiger partial charge in [0.25, 0.3) is 0 Å². The Morgan fingerprint density at radius 1 is 1.26 bits per heavy atom. The van der Waals surface area contributed by atoms with Crippen LogP contribution in [0.2, 0.25) is 0 Å². The van der Waals surface area contributed by atoms with Crippen molar-refractivity contribution in [3.8, 4) is 5.75 Å². The first kappa shape index (κ1) is 16.4. The summed E-state index contributed by atoms with van der Waals surface area (Å²) in [4.78, 5) is 6.20. The van der Waals surface area contributed by atoms with Crippen molar-refractivity contribution in [1.29, 1.82) is 0 Å². The molecule has 1 spiro atoms. The molecule has 1 aromatic carbocycles. The zero-order valence-electron chi connectivity index (χ0n) is 15.5. The van der Waals surface area contributed by atoms with Crippen molar-refractivity contribution in [2.24, 2.45) is 5.92 Å². The van der Waals surface area contributed by atoms with Gasteiger partial charge in [-0.3, -0.25) is 4.90 Å². The van der Waals surface area contributed by atoms with E-state index in [0.29, 0.717) is 24.3 Å². The summed E-state index contributed by atoms with van der Waals surface area (Å²) in [6.07, 6.45) is 5.74. The first-order valence-electron chi connectivity index (χ1n) is 10.4. The SMILES string of the molecule is [C-]#[N+]c1ccc2c3c1OC1C(O)CCC4(O)[C@@H](C2)N(CC2CCC2)CC[C@]314. The van der Waals surface area contributed by atoms with Crippen molar-refractivity contribution in [2.45, 2.75) is 74.2 Å². The lowest BCUT2D eigenvalue weighted by Gasteiger charge is -2.64. The summed E-state index contributed by atoms with van der Waals surface area (Å²) in [7, 11) is 0. The van der Waals surface area contributed by atoms with Crippen LogP contribution in [-0.2, 0) is 11.8 Å². The molecule has 3 fully saturated rings. The number of nitrogens with zero attached hydrogens (tertiary/aromatic N) is 2. The van der Waals surface area contributed by atoms with E-state index >= 15 is 0 Å². The fourth-order valence-electron chi connectivity index (χ4n) is 6.92. The fourth-order valence-corrected chi connectivity index (χ4v) is 6.92. The highest BCUT2D eigenvalue weighted by molar-refractivity contribution is 5.70. The van der Waals surface area contributed by atoms with Crippen molar-refractivity contribution in [3.05, 3.63) is 34.7 Å². The third-order valence-corrected chi connectivity index (χ3v) is 8.38. The minimum absolute atomic E-state index is 0.0858. The second kappa shape index (κ2) is 5.26. The number of hydrogen-bond acceptors (Lipinski definition) is 4. The zero-order chi connectivity index (χ0) is 18.4. The number of likely N-dealkylation sites (tertiary alicyclic amines) is 1. The monoisotopic (exact) mass is 366 g/mol. The van der Waals surface area contributed by atoms with Gasteiger partial charge >= 0.3 is 0 Å². The van der Waals surface area contributed by atoms with E-state index < -0.39 is 23.2 Å². The second-order valence-corrected chi connectivity index (χ2v) is 9.36. The van der Waals surface area contributed by atoms with Crippen molar-refractivity contribution >= 4 is 5.69 Å². The average Bonchev–Trinajstić information content (AvgIpc) is 2.98. The summed E-state index contributed by atoms with van der Waals surface area (Å²) >= 11 is 0. The molecule has 142 valence electrons. The Bertz CT molecular complexity index is 860. The van der Waals surface area contributed by atoms with E-state index in [1.54, 1.807) is 0 Å². The smallest absolute Gasteiger partial charge is 0.228 e. The maximum atomic E-state index is 12.2. The highest BCUT2D eigenvalue weighted by Crippen LogP contribution is 2.65. The van der Waals surface area contributed by atoms with Crippen LogP contribution in [0.25, 0.3) is 4.85 Å². The molecular weight excluding hydrogens is 340 g/mol. The van der Waals surface area contributed by atoms with Crippen LogP contribution < -0.4 is 4.74 Å². The van der Waals surface area contributed by atoms with Gasteiger partial charge in [0.1, 0.15) is 11.9 Å². The van der Waals surface area contributed by atoms with E-state index in [1.165, 1.54) is 24.8 Å². The molecule has 3 aliphatic carbocycles. The normalized spacial score (nSPS) is 42.0. The average molecular weight is 366 g/mol. The molecular formula is C22H26N2O3. The van der Waals surface area contributed by atoms with E-state index in [9.17, 15) is 10.2 Å². The molecule has 5 atom stereocenters. The summed E-state index contributed by atoms with van der Waals surface area (Å²) in [6.45, 7) is 9.56. The second-order valence-electron chi connectivity index (χ2n) is 9.36. The molecule has 2 bridgehead atoms. The topological polar surface area (TPSA) is 57.3 Å². The summed E-state index contributed by atoms with van der Waals surface area (Å²) in [5.41, 5.74) is 1.33. The van der Waals surface area contributed by atoms with E-state index in [-0.39, 0.29) is 6.04 Å². The van der Waals surface area contributed by atoms with Crippen molar-refractivity contribution in [2.75, 3.05) is 13.1 Å². The molecule has 1 saturated heterocycles. The van der Waals surface area contributed by atoms with Crippen LogP contribution in [0.4, 0.5) is 5.69 Å². The lowest BCUT2D eigenvalue weighted by Crippen LogP contribution is -2.77. The molecule has 3 unspecified atom stereocenters. The maximum Gasteiger partial charge on any atom is 0.228 e. The first-order valence-corrected chi connectivity index (χ1v) is 10.4. The van der Waals surface area contributed by atoms with Gasteiger partial charge in [0.05, 0.1) is 23.7 Å². The molecule has 5 heteroatoms. The van der Waals surface area contributed by atoms with Crippen LogP contribution in [0.5, 0.6) is 5.75 Å². The van der Waals surface area contributed by atoms with Gasteiger partial charge in [-0.2, -0.15) is 0 Å². The fraction of sp³-hybridized carbons (Fsp3) is 0.682. The maximum absolute atomic E-state index is 12.2. The highest BCUT2D eigenvalue weighted by atomic mass is 16.5. The molecule has 2 N–H and O–H groups in total. The standard InChI is InChI=1S/C22H26N2O3/c1-23-15-6-5-14-11-17-22(26)8-7-16(25)20-21(22,18(14)19(15)27-20)9-10-24(17)12-13-3-2-4-13/h5-6,13,16-17,20,25-26H,2-4,7-12H2/t16?,17-,20?,21+,22?/m1/s1. The predicted molar refractivity (Wildman–Crippen MR) is 100 cm³/mol. The molecule has 6 rings (SSSR count). The van der Waals surface area contributed by atoms with Crippen molar-refractivity contribution < 1.29 is 14.9 Å². The zero-order valence-corrected chi connectivity index (χ0v) is 15.5. The van der Waals surface area contributed by atoms with Gasteiger partial charge in [-0.05, 0) is 62.1 Å². The van der Waals surface area contributed by atoms with Crippen LogP contribution >= 0.6 is 0 Å². The van der Waals surface area contributed by atoms with Crippen LogP contribution in [0.3, 0.4) is 0 Å². The molecule has 0 aromatic heterocycles. The third-order valence-electron chi connectivity index (χ3n) is 8.38. The summed E-state index contributed by atoms with van der Waals surface area (Å²) in [5.74, 6) is 1.41. The first-order chi connectivity index (χ1) is 13.1. The molecule has 0 amide bonds. The van der Waals surface area contributed by atoms with Gasteiger partial charge in [0.15, 0.2) is 0 Å². The van der Waals surface area contributed by atoms with E-state index in [4.69, 9.17) is 11.3 Å². The highest BCUT2D eigenvalue weighted by Gasteiger charge is 2.72. The molecule has 5 nitrogen and oxygen atoms in total. The Morgan fingerprint density at radius 2 is 2.11 bits per heavy atom. The lowest BCUT2D eigenvalue weighted by atomic mass is 9.48. The molecule has 0 radical (unpaired) electrons. The Morgan fingerprint density at radius 3 is 2.85 bits per heavy atom. The van der Waals surface area contributed by atoms with E-state index in [2.05, 4.69) is 15.8 Å². The van der Waals surface area contributed by atoms with Crippen LogP contribution in [0.1, 0.15) is 49.7 Å². The number of ether oxygens (including phenoxy) is 1. The van der Waals surface area contributed by atoms with Gasteiger partial charge in [0.2, 0.25) is 5.69 Å². The molecule has 2 saturated carbocycles. The van der Waals surface area contributed by atoms with Gasteiger partial charge < -0.3 is 14.9 Å². The summed E-state index contributed by atoms with van der Waals surface area (Å²) in [6, 6.07) is 4.01. The van der Waals surface area contributed by atoms with Crippen LogP contribution in [-0.4, -0.2) is 52.1 Å². The molecule has 27 heavy (non-hydrogen) atoms. The predicted octanol–water partition coefficient (Wildman–Crippen LogP) is 2.55. The van der Waals surface area contributed by atoms with E-state index in [1.807, 2.05) is 6.07 Å². The quantitative estimate of drug-likeness (QED) is 0.790. The van der Waals surface area contributed by atoms with Crippen molar-refractivity contribution in [1.82, 2.24) is 4.90 Å². The van der Waals surface area contributed by atoms with Crippen molar-refractivity contribution in [3.63, 3.8) is 0 Å². The van der Waals surface area contributed by atoms with E-state index in [0.717, 1.165) is 37.4 Å². The Hall–Kier alpha value is -1.61. The number of rotatable bonds is 2. The molecule has 1 aromatic rings. The minimum Gasteiger partial charge on any atom is -0.497 e. The number of hydrogen-bond donors (Lipinski definition) is 2. The largest absolute Gasteiger partial charge is 0.497 e. The molecule has 5 aliphatic rings. The number of benzene rings is 1. The molecule has 2 aliphatic heterocycles. The summed E-state index contributed by atoms with van der Waals surface area (Å²) < 4.78 is 6.28. The number of aliphatic hydroxyl groups excluding tert-OH is 1. The number of aliphatic hydroxyl groups is 2. The third kappa shape index (κ3) is 1.80. The lowest BCUT2D eigenvalue weighted by molar-refractivity contribution is -0.209. The van der Waals surface area contributed by atoms with Gasteiger partial charge in [0, 0.05) is 12.6 Å². The van der Waals surface area contributed by atoms with Gasteiger partial charge in [-0.1, -0.05) is 18.6 Å². The van der Waals surface area contributed by atoms with Gasteiger partial charge in [-0.15, -0.1) is 0 Å². The van der Waals surface area contributed by atoms with Gasteiger partial charge in [-0.25, -0.2) is 4.85 Å².